The van der Waals surface area contributed by atoms with E-state index in [1.165, 1.54) is 10.4 Å². The SMILES string of the molecule is CCc1sc(C(=O)N2C[C@H]3CNC[C@H]3C2)cc1C.Cl. The smallest absolute Gasteiger partial charge is 0.263 e. The topological polar surface area (TPSA) is 32.3 Å². The first-order chi connectivity index (χ1) is 8.69. The Kier molecular flexibility index (Phi) is 4.54. The van der Waals surface area contributed by atoms with Gasteiger partial charge in [-0.2, -0.15) is 0 Å². The van der Waals surface area contributed by atoms with Gasteiger partial charge in [0.25, 0.3) is 5.91 Å². The van der Waals surface area contributed by atoms with Crippen LogP contribution in [0.15, 0.2) is 6.07 Å². The largest absolute Gasteiger partial charge is 0.337 e. The van der Waals surface area contributed by atoms with Crippen molar-refractivity contribution < 1.29 is 4.79 Å². The van der Waals surface area contributed by atoms with E-state index in [1.54, 1.807) is 11.3 Å². The average molecular weight is 301 g/mol. The molecular formula is C14H21ClN2OS. The summed E-state index contributed by atoms with van der Waals surface area (Å²) in [4.78, 5) is 16.8. The van der Waals surface area contributed by atoms with Crippen molar-refractivity contribution in [1.29, 1.82) is 0 Å². The highest BCUT2D eigenvalue weighted by atomic mass is 35.5. The number of fused-ring (bicyclic) bond motifs is 1. The van der Waals surface area contributed by atoms with Crippen LogP contribution in [0.2, 0.25) is 0 Å². The van der Waals surface area contributed by atoms with Crippen LogP contribution in [0.1, 0.15) is 27.0 Å². The number of halogens is 1. The van der Waals surface area contributed by atoms with Crippen LogP contribution in [0, 0.1) is 18.8 Å². The highest BCUT2D eigenvalue weighted by Crippen LogP contribution is 2.30. The quantitative estimate of drug-likeness (QED) is 0.909. The Bertz CT molecular complexity index is 462. The maximum absolute atomic E-state index is 12.5. The predicted molar refractivity (Wildman–Crippen MR) is 81.4 cm³/mol. The van der Waals surface area contributed by atoms with E-state index in [9.17, 15) is 4.79 Å². The third kappa shape index (κ3) is 2.67. The van der Waals surface area contributed by atoms with Gasteiger partial charge < -0.3 is 10.2 Å². The average Bonchev–Trinajstić information content (AvgIpc) is 3.00. The molecule has 1 amide bonds. The van der Waals surface area contributed by atoms with Gasteiger partial charge in [-0.05, 0) is 36.8 Å². The first-order valence-electron chi connectivity index (χ1n) is 6.78. The minimum atomic E-state index is 0. The second kappa shape index (κ2) is 5.81. The fourth-order valence-electron chi connectivity index (χ4n) is 3.15. The number of rotatable bonds is 2. The van der Waals surface area contributed by atoms with Crippen molar-refractivity contribution in [3.63, 3.8) is 0 Å². The number of hydrogen-bond acceptors (Lipinski definition) is 3. The van der Waals surface area contributed by atoms with Crippen molar-refractivity contribution in [2.24, 2.45) is 11.8 Å². The molecule has 1 aromatic rings. The van der Waals surface area contributed by atoms with Crippen molar-refractivity contribution in [3.05, 3.63) is 21.4 Å². The molecule has 3 rings (SSSR count). The normalized spacial score (nSPS) is 25.3. The van der Waals surface area contributed by atoms with Gasteiger partial charge in [-0.15, -0.1) is 23.7 Å². The van der Waals surface area contributed by atoms with Crippen LogP contribution in [0.25, 0.3) is 0 Å². The van der Waals surface area contributed by atoms with Gasteiger partial charge in [-0.3, -0.25) is 4.79 Å². The van der Waals surface area contributed by atoms with Crippen LogP contribution < -0.4 is 5.32 Å². The minimum Gasteiger partial charge on any atom is -0.337 e. The molecule has 0 saturated carbocycles. The van der Waals surface area contributed by atoms with E-state index in [4.69, 9.17) is 0 Å². The Balaban J connectivity index is 0.00000133. The molecular weight excluding hydrogens is 280 g/mol. The van der Waals surface area contributed by atoms with E-state index in [0.717, 1.165) is 37.5 Å². The fraction of sp³-hybridized carbons (Fsp3) is 0.643. The zero-order valence-corrected chi connectivity index (χ0v) is 13.1. The zero-order chi connectivity index (χ0) is 12.7. The summed E-state index contributed by atoms with van der Waals surface area (Å²) >= 11 is 1.68. The predicted octanol–water partition coefficient (Wildman–Crippen LogP) is 2.33. The molecule has 2 atom stereocenters. The number of nitrogens with one attached hydrogen (secondary N) is 1. The van der Waals surface area contributed by atoms with E-state index in [1.807, 2.05) is 0 Å². The van der Waals surface area contributed by atoms with Crippen molar-refractivity contribution in [3.8, 4) is 0 Å². The van der Waals surface area contributed by atoms with E-state index in [2.05, 4.69) is 30.1 Å². The number of nitrogens with zero attached hydrogens (tertiary/aromatic N) is 1. The van der Waals surface area contributed by atoms with E-state index in [0.29, 0.717) is 11.8 Å². The molecule has 3 nitrogen and oxygen atoms in total. The van der Waals surface area contributed by atoms with Crippen LogP contribution >= 0.6 is 23.7 Å². The van der Waals surface area contributed by atoms with Gasteiger partial charge in [0.05, 0.1) is 4.88 Å². The Morgan fingerprint density at radius 3 is 2.58 bits per heavy atom. The lowest BCUT2D eigenvalue weighted by Gasteiger charge is -2.16. The molecule has 0 radical (unpaired) electrons. The lowest BCUT2D eigenvalue weighted by molar-refractivity contribution is 0.0786. The van der Waals surface area contributed by atoms with Gasteiger partial charge in [0.2, 0.25) is 0 Å². The number of thiophene rings is 1. The van der Waals surface area contributed by atoms with Gasteiger partial charge in [-0.25, -0.2) is 0 Å². The zero-order valence-electron chi connectivity index (χ0n) is 11.4. The number of amides is 1. The van der Waals surface area contributed by atoms with Gasteiger partial charge >= 0.3 is 0 Å². The van der Waals surface area contributed by atoms with Crippen molar-refractivity contribution in [2.45, 2.75) is 20.3 Å². The highest BCUT2D eigenvalue weighted by molar-refractivity contribution is 7.14. The Hall–Kier alpha value is -0.580. The van der Waals surface area contributed by atoms with Crippen LogP contribution in [0.3, 0.4) is 0 Å². The molecule has 0 aliphatic carbocycles. The van der Waals surface area contributed by atoms with Crippen molar-refractivity contribution >= 4 is 29.7 Å². The van der Waals surface area contributed by atoms with Crippen molar-refractivity contribution in [1.82, 2.24) is 10.2 Å². The summed E-state index contributed by atoms with van der Waals surface area (Å²) in [5.74, 6) is 1.61. The Labute approximate surface area is 124 Å². The second-order valence-electron chi connectivity index (χ2n) is 5.46. The molecule has 1 aromatic heterocycles. The summed E-state index contributed by atoms with van der Waals surface area (Å²) in [6.45, 7) is 8.30. The summed E-state index contributed by atoms with van der Waals surface area (Å²) in [6.07, 6.45) is 1.03. The summed E-state index contributed by atoms with van der Waals surface area (Å²) in [7, 11) is 0. The Morgan fingerprint density at radius 2 is 2.05 bits per heavy atom. The molecule has 2 aliphatic rings. The van der Waals surface area contributed by atoms with Gasteiger partial charge in [0.1, 0.15) is 0 Å². The number of aryl methyl sites for hydroxylation is 2. The number of carbonyl (C=O) groups is 1. The number of carbonyl (C=O) groups excluding carboxylic acids is 1. The maximum atomic E-state index is 12.5. The summed E-state index contributed by atoms with van der Waals surface area (Å²) in [5, 5.41) is 3.41. The van der Waals surface area contributed by atoms with Crippen LogP contribution in [0.5, 0.6) is 0 Å². The molecule has 5 heteroatoms. The van der Waals surface area contributed by atoms with E-state index >= 15 is 0 Å². The highest BCUT2D eigenvalue weighted by Gasteiger charge is 2.38. The molecule has 0 aromatic carbocycles. The third-order valence-corrected chi connectivity index (χ3v) is 5.60. The standard InChI is InChI=1S/C14H20N2OS.ClH/c1-3-12-9(2)4-13(18-12)14(17)16-7-10-5-15-6-11(10)8-16;/h4,10-11,15H,3,5-8H2,1-2H3;1H/t10-,11+;. The first kappa shape index (κ1) is 14.8. The summed E-state index contributed by atoms with van der Waals surface area (Å²) < 4.78 is 0. The Morgan fingerprint density at radius 1 is 1.42 bits per heavy atom. The molecule has 0 bridgehead atoms. The van der Waals surface area contributed by atoms with E-state index in [-0.39, 0.29) is 18.3 Å². The van der Waals surface area contributed by atoms with Crippen molar-refractivity contribution in [2.75, 3.05) is 26.2 Å². The van der Waals surface area contributed by atoms with E-state index < -0.39 is 0 Å². The van der Waals surface area contributed by atoms with Crippen LogP contribution in [0.4, 0.5) is 0 Å². The minimum absolute atomic E-state index is 0. The van der Waals surface area contributed by atoms with Crippen LogP contribution in [-0.2, 0) is 6.42 Å². The molecule has 2 aliphatic heterocycles. The molecule has 3 heterocycles. The number of hydrogen-bond donors (Lipinski definition) is 1. The summed E-state index contributed by atoms with van der Waals surface area (Å²) in [6, 6.07) is 2.07. The maximum Gasteiger partial charge on any atom is 0.263 e. The molecule has 106 valence electrons. The molecule has 2 saturated heterocycles. The second-order valence-corrected chi connectivity index (χ2v) is 6.60. The molecule has 0 unspecified atom stereocenters. The van der Waals surface area contributed by atoms with Gasteiger partial charge in [-0.1, -0.05) is 6.92 Å². The fourth-order valence-corrected chi connectivity index (χ4v) is 4.24. The van der Waals surface area contributed by atoms with Crippen LogP contribution in [-0.4, -0.2) is 37.0 Å². The molecule has 2 fully saturated rings. The monoisotopic (exact) mass is 300 g/mol. The summed E-state index contributed by atoms with van der Waals surface area (Å²) in [5.41, 5.74) is 1.27. The molecule has 19 heavy (non-hydrogen) atoms. The lowest BCUT2D eigenvalue weighted by atomic mass is 10.0. The lowest BCUT2D eigenvalue weighted by Crippen LogP contribution is -2.31. The molecule has 0 spiro atoms. The molecule has 1 N–H and O–H groups in total. The van der Waals surface area contributed by atoms with Gasteiger partial charge in [0, 0.05) is 31.1 Å². The third-order valence-electron chi connectivity index (χ3n) is 4.23. The van der Waals surface area contributed by atoms with Gasteiger partial charge in [0.15, 0.2) is 0 Å². The number of likely N-dealkylation sites (tertiary alicyclic amines) is 1. The first-order valence-corrected chi connectivity index (χ1v) is 7.60.